The fraction of sp³-hybridized carbons (Fsp3) is 0.318. The summed E-state index contributed by atoms with van der Waals surface area (Å²) in [5.41, 5.74) is 1.91. The third-order valence-electron chi connectivity index (χ3n) is 4.88. The first-order valence-electron chi connectivity index (χ1n) is 9.48. The van der Waals surface area contributed by atoms with Gasteiger partial charge in [0.05, 0.1) is 15.5 Å². The Bertz CT molecular complexity index is 1150. The Morgan fingerprint density at radius 2 is 1.83 bits per heavy atom. The lowest BCUT2D eigenvalue weighted by Crippen LogP contribution is -2.39. The number of aromatic nitrogens is 1. The minimum atomic E-state index is -3.46. The van der Waals surface area contributed by atoms with E-state index in [0.29, 0.717) is 5.92 Å². The summed E-state index contributed by atoms with van der Waals surface area (Å²) < 4.78 is 24.0. The molecule has 3 rings (SSSR count). The number of aromatic amines is 1. The van der Waals surface area contributed by atoms with E-state index in [9.17, 15) is 13.2 Å². The minimum Gasteiger partial charge on any atom is -0.361 e. The molecule has 1 atom stereocenters. The molecular formula is C22H25ClN2O3S. The Morgan fingerprint density at radius 1 is 1.10 bits per heavy atom. The smallest absolute Gasteiger partial charge is 0.260 e. The number of H-pyrrole nitrogens is 1. The second-order valence-electron chi connectivity index (χ2n) is 7.82. The minimum absolute atomic E-state index is 0.0720. The van der Waals surface area contributed by atoms with Crippen molar-refractivity contribution < 1.29 is 13.2 Å². The van der Waals surface area contributed by atoms with Crippen LogP contribution in [0.25, 0.3) is 10.9 Å². The topological polar surface area (TPSA) is 70.2 Å². The zero-order chi connectivity index (χ0) is 21.3. The normalized spacial score (nSPS) is 13.0. The third kappa shape index (κ3) is 4.65. The highest BCUT2D eigenvalue weighted by Crippen LogP contribution is 2.30. The highest BCUT2D eigenvalue weighted by Gasteiger charge is 2.27. The zero-order valence-corrected chi connectivity index (χ0v) is 18.5. The molecular weight excluding hydrogens is 408 g/mol. The predicted molar refractivity (Wildman–Crippen MR) is 119 cm³/mol. The number of rotatable bonds is 6. The van der Waals surface area contributed by atoms with Crippen molar-refractivity contribution in [2.75, 3.05) is 11.2 Å². The molecule has 29 heavy (non-hydrogen) atoms. The van der Waals surface area contributed by atoms with Gasteiger partial charge in [0, 0.05) is 35.1 Å². The van der Waals surface area contributed by atoms with Crippen LogP contribution in [0.1, 0.15) is 37.6 Å². The number of anilines is 1. The average Bonchev–Trinajstić information content (AvgIpc) is 3.08. The quantitative estimate of drug-likeness (QED) is 0.574. The van der Waals surface area contributed by atoms with Gasteiger partial charge in [-0.25, -0.2) is 8.42 Å². The maximum atomic E-state index is 13.6. The molecule has 7 heteroatoms. The van der Waals surface area contributed by atoms with Crippen LogP contribution in [0.3, 0.4) is 0 Å². The first-order chi connectivity index (χ1) is 13.6. The Labute approximate surface area is 176 Å². The molecule has 0 saturated carbocycles. The summed E-state index contributed by atoms with van der Waals surface area (Å²) in [6.07, 6.45) is 3.76. The van der Waals surface area contributed by atoms with Gasteiger partial charge in [-0.1, -0.05) is 25.4 Å². The molecule has 0 aliphatic rings. The molecule has 0 aliphatic heterocycles. The summed E-state index contributed by atoms with van der Waals surface area (Å²) in [5, 5.41) is 1.22. The lowest BCUT2D eigenvalue weighted by Gasteiger charge is -2.31. The standard InChI is InChI=1S/C22H25ClN2O3S/c1-14(2)11-15(3)25(17-5-8-21-16(12-17)9-10-24-21)22(26)19-13-18(29(4,27)28)6-7-20(19)23/h5-10,12-15,24H,11H2,1-4H3. The van der Waals surface area contributed by atoms with Crippen molar-refractivity contribution in [1.29, 1.82) is 0 Å². The first-order valence-corrected chi connectivity index (χ1v) is 11.7. The summed E-state index contributed by atoms with van der Waals surface area (Å²) in [5.74, 6) is 0.0673. The van der Waals surface area contributed by atoms with E-state index in [4.69, 9.17) is 11.6 Å². The zero-order valence-electron chi connectivity index (χ0n) is 16.9. The Balaban J connectivity index is 2.12. The van der Waals surface area contributed by atoms with Gasteiger partial charge in [-0.2, -0.15) is 0 Å². The van der Waals surface area contributed by atoms with E-state index in [2.05, 4.69) is 18.8 Å². The van der Waals surface area contributed by atoms with Crippen LogP contribution >= 0.6 is 11.6 Å². The Hall–Kier alpha value is -2.31. The molecule has 1 amide bonds. The molecule has 1 N–H and O–H groups in total. The van der Waals surface area contributed by atoms with Gasteiger partial charge < -0.3 is 9.88 Å². The SMILES string of the molecule is CC(C)CC(C)N(C(=O)c1cc(S(C)(=O)=O)ccc1Cl)c1ccc2[nH]ccc2c1. The van der Waals surface area contributed by atoms with Gasteiger partial charge in [-0.3, -0.25) is 4.79 Å². The van der Waals surface area contributed by atoms with Crippen LogP contribution in [0, 0.1) is 5.92 Å². The van der Waals surface area contributed by atoms with Gasteiger partial charge in [-0.15, -0.1) is 0 Å². The predicted octanol–water partition coefficient (Wildman–Crippen LogP) is 5.31. The molecule has 0 bridgehead atoms. The van der Waals surface area contributed by atoms with Crippen LogP contribution in [0.15, 0.2) is 53.6 Å². The molecule has 0 fully saturated rings. The highest BCUT2D eigenvalue weighted by atomic mass is 35.5. The molecule has 1 heterocycles. The molecule has 154 valence electrons. The molecule has 0 spiro atoms. The fourth-order valence-electron chi connectivity index (χ4n) is 3.58. The molecule has 3 aromatic rings. The number of hydrogen-bond acceptors (Lipinski definition) is 3. The maximum Gasteiger partial charge on any atom is 0.260 e. The molecule has 0 aliphatic carbocycles. The van der Waals surface area contributed by atoms with Gasteiger partial charge in [0.1, 0.15) is 0 Å². The number of benzene rings is 2. The highest BCUT2D eigenvalue weighted by molar-refractivity contribution is 7.90. The Kier molecular flexibility index (Phi) is 6.05. The van der Waals surface area contributed by atoms with Crippen molar-refractivity contribution in [3.05, 3.63) is 59.2 Å². The average molecular weight is 433 g/mol. The lowest BCUT2D eigenvalue weighted by molar-refractivity contribution is 0.0976. The van der Waals surface area contributed by atoms with E-state index in [1.54, 1.807) is 4.90 Å². The van der Waals surface area contributed by atoms with E-state index in [0.717, 1.165) is 29.3 Å². The number of hydrogen-bond donors (Lipinski definition) is 1. The van der Waals surface area contributed by atoms with Crippen LogP contribution < -0.4 is 4.90 Å². The summed E-state index contributed by atoms with van der Waals surface area (Å²) in [4.78, 5) is 18.5. The number of nitrogens with one attached hydrogen (secondary N) is 1. The summed E-state index contributed by atoms with van der Waals surface area (Å²) in [6.45, 7) is 6.20. The number of halogens is 1. The van der Waals surface area contributed by atoms with E-state index in [-0.39, 0.29) is 27.4 Å². The van der Waals surface area contributed by atoms with Gasteiger partial charge in [0.25, 0.3) is 5.91 Å². The Morgan fingerprint density at radius 3 is 2.48 bits per heavy atom. The second-order valence-corrected chi connectivity index (χ2v) is 10.2. The van der Waals surface area contributed by atoms with Crippen molar-refractivity contribution in [3.63, 3.8) is 0 Å². The van der Waals surface area contributed by atoms with Gasteiger partial charge >= 0.3 is 0 Å². The van der Waals surface area contributed by atoms with Crippen LogP contribution in [0.5, 0.6) is 0 Å². The van der Waals surface area contributed by atoms with Crippen molar-refractivity contribution in [2.45, 2.75) is 38.1 Å². The summed E-state index contributed by atoms with van der Waals surface area (Å²) in [6, 6.07) is 11.9. The van der Waals surface area contributed by atoms with Crippen molar-refractivity contribution >= 4 is 43.9 Å². The van der Waals surface area contributed by atoms with Crippen molar-refractivity contribution in [3.8, 4) is 0 Å². The van der Waals surface area contributed by atoms with Crippen LogP contribution in [-0.2, 0) is 9.84 Å². The summed E-state index contributed by atoms with van der Waals surface area (Å²) in [7, 11) is -3.46. The number of fused-ring (bicyclic) bond motifs is 1. The molecule has 1 unspecified atom stereocenters. The maximum absolute atomic E-state index is 13.6. The fourth-order valence-corrected chi connectivity index (χ4v) is 4.42. The van der Waals surface area contributed by atoms with Crippen molar-refractivity contribution in [2.24, 2.45) is 5.92 Å². The van der Waals surface area contributed by atoms with Crippen LogP contribution in [0.2, 0.25) is 5.02 Å². The van der Waals surface area contributed by atoms with Gasteiger partial charge in [0.2, 0.25) is 0 Å². The second kappa shape index (κ2) is 8.20. The van der Waals surface area contributed by atoms with Gasteiger partial charge in [0.15, 0.2) is 9.84 Å². The number of nitrogens with zero attached hydrogens (tertiary/aromatic N) is 1. The monoisotopic (exact) mass is 432 g/mol. The molecule has 5 nitrogen and oxygen atoms in total. The molecule has 0 saturated heterocycles. The third-order valence-corrected chi connectivity index (χ3v) is 6.32. The summed E-state index contributed by atoms with van der Waals surface area (Å²) >= 11 is 6.31. The van der Waals surface area contributed by atoms with E-state index in [1.165, 1.54) is 18.2 Å². The van der Waals surface area contributed by atoms with E-state index < -0.39 is 9.84 Å². The first kappa shape index (κ1) is 21.4. The van der Waals surface area contributed by atoms with Crippen LogP contribution in [0.4, 0.5) is 5.69 Å². The molecule has 0 radical (unpaired) electrons. The van der Waals surface area contributed by atoms with Crippen molar-refractivity contribution in [1.82, 2.24) is 4.98 Å². The molecule has 1 aromatic heterocycles. The van der Waals surface area contributed by atoms with E-state index >= 15 is 0 Å². The molecule has 2 aromatic carbocycles. The van der Waals surface area contributed by atoms with Crippen LogP contribution in [-0.4, -0.2) is 31.6 Å². The number of carbonyl (C=O) groups is 1. The number of sulfone groups is 1. The number of carbonyl (C=O) groups excluding carboxylic acids is 1. The van der Waals surface area contributed by atoms with E-state index in [1.807, 2.05) is 37.4 Å². The lowest BCUT2D eigenvalue weighted by atomic mass is 10.0. The number of amides is 1. The largest absolute Gasteiger partial charge is 0.361 e. The van der Waals surface area contributed by atoms with Gasteiger partial charge in [-0.05, 0) is 61.7 Å².